The molecule has 1 N–H and O–H groups in total. The van der Waals surface area contributed by atoms with E-state index in [0.717, 1.165) is 35.3 Å². The Kier molecular flexibility index (Phi) is 7.39. The number of hydrogen-bond donors (Lipinski definition) is 1. The standard InChI is InChI=1S/C20H23BrFN3O3S/c21-17-3-1-16(2-4-17)15-25(12-9-20(26)24-13-10-23-11-14-24)29(27,28)19-7-5-18(22)6-8-19/h1-8,23H,9-15H2. The summed E-state index contributed by atoms with van der Waals surface area (Å²) in [5.74, 6) is -0.570. The zero-order valence-electron chi connectivity index (χ0n) is 15.9. The van der Waals surface area contributed by atoms with Crippen molar-refractivity contribution in [2.75, 3.05) is 32.7 Å². The van der Waals surface area contributed by atoms with Crippen molar-refractivity contribution in [3.8, 4) is 0 Å². The molecule has 2 aromatic rings. The van der Waals surface area contributed by atoms with Crippen molar-refractivity contribution in [1.29, 1.82) is 0 Å². The molecule has 3 rings (SSSR count). The van der Waals surface area contributed by atoms with E-state index in [1.807, 2.05) is 24.3 Å². The lowest BCUT2D eigenvalue weighted by Crippen LogP contribution is -2.47. The van der Waals surface area contributed by atoms with Gasteiger partial charge < -0.3 is 10.2 Å². The highest BCUT2D eigenvalue weighted by atomic mass is 79.9. The Bertz CT molecular complexity index is 930. The maximum absolute atomic E-state index is 13.3. The van der Waals surface area contributed by atoms with Gasteiger partial charge in [0.1, 0.15) is 5.82 Å². The fourth-order valence-corrected chi connectivity index (χ4v) is 4.82. The zero-order valence-corrected chi connectivity index (χ0v) is 18.3. The van der Waals surface area contributed by atoms with Gasteiger partial charge in [0.2, 0.25) is 15.9 Å². The van der Waals surface area contributed by atoms with E-state index in [1.165, 1.54) is 16.4 Å². The molecule has 0 unspecified atom stereocenters. The van der Waals surface area contributed by atoms with Crippen LogP contribution in [0.5, 0.6) is 0 Å². The third-order valence-electron chi connectivity index (χ3n) is 4.77. The molecule has 1 amide bonds. The molecule has 0 aliphatic carbocycles. The van der Waals surface area contributed by atoms with Crippen molar-refractivity contribution in [3.05, 3.63) is 64.4 Å². The van der Waals surface area contributed by atoms with Crippen molar-refractivity contribution >= 4 is 31.9 Å². The van der Waals surface area contributed by atoms with Crippen molar-refractivity contribution in [3.63, 3.8) is 0 Å². The van der Waals surface area contributed by atoms with Crippen LogP contribution in [0.4, 0.5) is 4.39 Å². The quantitative estimate of drug-likeness (QED) is 0.656. The predicted molar refractivity (Wildman–Crippen MR) is 112 cm³/mol. The summed E-state index contributed by atoms with van der Waals surface area (Å²) in [7, 11) is -3.88. The van der Waals surface area contributed by atoms with E-state index in [0.29, 0.717) is 13.1 Å². The molecule has 1 aliphatic heterocycles. The summed E-state index contributed by atoms with van der Waals surface area (Å²) in [4.78, 5) is 14.3. The maximum Gasteiger partial charge on any atom is 0.243 e. The van der Waals surface area contributed by atoms with E-state index in [9.17, 15) is 17.6 Å². The van der Waals surface area contributed by atoms with Gasteiger partial charge in [0.25, 0.3) is 0 Å². The lowest BCUT2D eigenvalue weighted by atomic mass is 10.2. The van der Waals surface area contributed by atoms with E-state index in [4.69, 9.17) is 0 Å². The molecule has 1 heterocycles. The van der Waals surface area contributed by atoms with Crippen LogP contribution in [0.3, 0.4) is 0 Å². The van der Waals surface area contributed by atoms with Crippen LogP contribution >= 0.6 is 15.9 Å². The first kappa shape index (κ1) is 21.9. The highest BCUT2D eigenvalue weighted by Gasteiger charge is 2.26. The number of halogens is 2. The molecule has 9 heteroatoms. The fourth-order valence-electron chi connectivity index (χ4n) is 3.13. The number of carbonyl (C=O) groups is 1. The lowest BCUT2D eigenvalue weighted by molar-refractivity contribution is -0.131. The van der Waals surface area contributed by atoms with Gasteiger partial charge in [-0.15, -0.1) is 0 Å². The van der Waals surface area contributed by atoms with E-state index in [2.05, 4.69) is 21.2 Å². The van der Waals surface area contributed by atoms with Crippen LogP contribution in [0.2, 0.25) is 0 Å². The third kappa shape index (κ3) is 5.85. The maximum atomic E-state index is 13.3. The molecule has 1 saturated heterocycles. The predicted octanol–water partition coefficient (Wildman–Crippen LogP) is 2.60. The van der Waals surface area contributed by atoms with Gasteiger partial charge in [-0.3, -0.25) is 4.79 Å². The van der Waals surface area contributed by atoms with E-state index >= 15 is 0 Å². The number of nitrogens with zero attached hydrogens (tertiary/aromatic N) is 2. The lowest BCUT2D eigenvalue weighted by Gasteiger charge is -2.29. The Morgan fingerprint density at radius 2 is 1.69 bits per heavy atom. The summed E-state index contributed by atoms with van der Waals surface area (Å²) in [5, 5.41) is 3.19. The number of benzene rings is 2. The number of rotatable bonds is 7. The van der Waals surface area contributed by atoms with Crippen molar-refractivity contribution < 1.29 is 17.6 Å². The first-order chi connectivity index (χ1) is 13.9. The molecule has 0 bridgehead atoms. The minimum absolute atomic E-state index is 0.00522. The molecule has 0 saturated carbocycles. The largest absolute Gasteiger partial charge is 0.340 e. The second-order valence-electron chi connectivity index (χ2n) is 6.80. The van der Waals surface area contributed by atoms with Crippen LogP contribution in [0.25, 0.3) is 0 Å². The summed E-state index contributed by atoms with van der Waals surface area (Å²) >= 11 is 3.37. The molecule has 29 heavy (non-hydrogen) atoms. The first-order valence-electron chi connectivity index (χ1n) is 9.35. The molecule has 1 aliphatic rings. The van der Waals surface area contributed by atoms with Gasteiger partial charge in [-0.1, -0.05) is 28.1 Å². The Hall–Kier alpha value is -1.81. The number of carbonyl (C=O) groups excluding carboxylic acids is 1. The normalized spacial score (nSPS) is 14.9. The van der Waals surface area contributed by atoms with E-state index in [1.54, 1.807) is 4.90 Å². The fraction of sp³-hybridized carbons (Fsp3) is 0.350. The SMILES string of the molecule is O=C(CCN(Cc1ccc(Br)cc1)S(=O)(=O)c1ccc(F)cc1)N1CCNCC1. The van der Waals surface area contributed by atoms with Crippen LogP contribution < -0.4 is 5.32 Å². The molecule has 0 aromatic heterocycles. The molecule has 0 atom stereocenters. The van der Waals surface area contributed by atoms with Gasteiger partial charge in [-0.25, -0.2) is 12.8 Å². The highest BCUT2D eigenvalue weighted by molar-refractivity contribution is 9.10. The monoisotopic (exact) mass is 483 g/mol. The summed E-state index contributed by atoms with van der Waals surface area (Å²) in [6, 6.07) is 12.1. The molecular formula is C20H23BrFN3O3S. The van der Waals surface area contributed by atoms with Gasteiger partial charge in [-0.05, 0) is 42.0 Å². The molecule has 1 fully saturated rings. The summed E-state index contributed by atoms with van der Waals surface area (Å²) in [6.45, 7) is 2.90. The number of sulfonamides is 1. The second kappa shape index (κ2) is 9.80. The van der Waals surface area contributed by atoms with E-state index < -0.39 is 15.8 Å². The molecule has 6 nitrogen and oxygen atoms in total. The van der Waals surface area contributed by atoms with Crippen LogP contribution in [0.15, 0.2) is 57.9 Å². The summed E-state index contributed by atoms with van der Waals surface area (Å²) in [5.41, 5.74) is 0.800. The van der Waals surface area contributed by atoms with Crippen LogP contribution in [-0.2, 0) is 21.4 Å². The number of piperazine rings is 1. The average Bonchev–Trinajstić information content (AvgIpc) is 2.73. The van der Waals surface area contributed by atoms with E-state index in [-0.39, 0.29) is 30.3 Å². The molecule has 2 aromatic carbocycles. The topological polar surface area (TPSA) is 69.7 Å². The number of amides is 1. The van der Waals surface area contributed by atoms with Crippen molar-refractivity contribution in [2.45, 2.75) is 17.9 Å². The van der Waals surface area contributed by atoms with Gasteiger partial charge in [0.05, 0.1) is 4.90 Å². The van der Waals surface area contributed by atoms with Gasteiger partial charge in [0, 0.05) is 50.2 Å². The number of hydrogen-bond acceptors (Lipinski definition) is 4. The zero-order chi connectivity index (χ0) is 20.9. The first-order valence-corrected chi connectivity index (χ1v) is 11.6. The van der Waals surface area contributed by atoms with Gasteiger partial charge in [-0.2, -0.15) is 4.31 Å². The second-order valence-corrected chi connectivity index (χ2v) is 9.65. The third-order valence-corrected chi connectivity index (χ3v) is 7.16. The van der Waals surface area contributed by atoms with Gasteiger partial charge in [0.15, 0.2) is 0 Å². The molecule has 0 spiro atoms. The summed E-state index contributed by atoms with van der Waals surface area (Å²) in [6.07, 6.45) is 0.0942. The van der Waals surface area contributed by atoms with Crippen LogP contribution in [0.1, 0.15) is 12.0 Å². The Labute approximate surface area is 178 Å². The molecular weight excluding hydrogens is 461 g/mol. The highest BCUT2D eigenvalue weighted by Crippen LogP contribution is 2.21. The Morgan fingerprint density at radius 3 is 2.31 bits per heavy atom. The minimum Gasteiger partial charge on any atom is -0.340 e. The Morgan fingerprint density at radius 1 is 1.07 bits per heavy atom. The molecule has 0 radical (unpaired) electrons. The van der Waals surface area contributed by atoms with Crippen LogP contribution in [0, 0.1) is 5.82 Å². The smallest absolute Gasteiger partial charge is 0.243 e. The van der Waals surface area contributed by atoms with Crippen LogP contribution in [-0.4, -0.2) is 56.3 Å². The number of nitrogens with one attached hydrogen (secondary N) is 1. The van der Waals surface area contributed by atoms with Gasteiger partial charge >= 0.3 is 0 Å². The van der Waals surface area contributed by atoms with Crippen molar-refractivity contribution in [2.24, 2.45) is 0 Å². The minimum atomic E-state index is -3.88. The summed E-state index contributed by atoms with van der Waals surface area (Å²) < 4.78 is 41.8. The molecule has 156 valence electrons. The average molecular weight is 484 g/mol. The van der Waals surface area contributed by atoms with Crippen molar-refractivity contribution in [1.82, 2.24) is 14.5 Å². The Balaban J connectivity index is 1.79.